The van der Waals surface area contributed by atoms with Gasteiger partial charge in [0, 0.05) is 19.6 Å². The predicted octanol–water partition coefficient (Wildman–Crippen LogP) is 2.96. The molecule has 0 bridgehead atoms. The Morgan fingerprint density at radius 2 is 1.67 bits per heavy atom. The molecule has 0 aromatic heterocycles. The van der Waals surface area contributed by atoms with E-state index < -0.39 is 5.97 Å². The van der Waals surface area contributed by atoms with E-state index in [-0.39, 0.29) is 17.9 Å². The van der Waals surface area contributed by atoms with Gasteiger partial charge in [-0.25, -0.2) is 4.79 Å². The molecule has 5 heteroatoms. The molecule has 1 rings (SSSR count). The number of urea groups is 1. The lowest BCUT2D eigenvalue weighted by Gasteiger charge is -2.41. The standard InChI is InChI=1S/C16H30N2O3/c1-12(2)9-18(10-13(3)4)15(21)17-11-16(6-5-7-16)8-14(19)20/h12-13H,5-11H2,1-4H3,(H,17,21)(H,19,20). The summed E-state index contributed by atoms with van der Waals surface area (Å²) in [5.74, 6) is 0.0718. The molecular formula is C16H30N2O3. The van der Waals surface area contributed by atoms with E-state index in [1.54, 1.807) is 0 Å². The van der Waals surface area contributed by atoms with Crippen molar-refractivity contribution in [3.63, 3.8) is 0 Å². The van der Waals surface area contributed by atoms with Crippen molar-refractivity contribution in [2.45, 2.75) is 53.4 Å². The van der Waals surface area contributed by atoms with Crippen molar-refractivity contribution < 1.29 is 14.7 Å². The number of hydrogen-bond acceptors (Lipinski definition) is 2. The summed E-state index contributed by atoms with van der Waals surface area (Å²) in [4.78, 5) is 25.2. The smallest absolute Gasteiger partial charge is 0.317 e. The number of amides is 2. The molecule has 0 aromatic rings. The Morgan fingerprint density at radius 3 is 2.00 bits per heavy atom. The molecule has 5 nitrogen and oxygen atoms in total. The Labute approximate surface area is 128 Å². The van der Waals surface area contributed by atoms with Gasteiger partial charge in [0.25, 0.3) is 0 Å². The zero-order valence-corrected chi connectivity index (χ0v) is 13.8. The Balaban J connectivity index is 2.53. The first-order valence-electron chi connectivity index (χ1n) is 7.99. The van der Waals surface area contributed by atoms with Crippen LogP contribution in [0.4, 0.5) is 4.79 Å². The number of carboxylic acid groups (broad SMARTS) is 1. The van der Waals surface area contributed by atoms with Gasteiger partial charge < -0.3 is 15.3 Å². The van der Waals surface area contributed by atoms with Gasteiger partial charge in [-0.3, -0.25) is 4.79 Å². The van der Waals surface area contributed by atoms with Crippen molar-refractivity contribution >= 4 is 12.0 Å². The van der Waals surface area contributed by atoms with Crippen LogP contribution in [0.5, 0.6) is 0 Å². The van der Waals surface area contributed by atoms with Gasteiger partial charge in [0.15, 0.2) is 0 Å². The number of nitrogens with zero attached hydrogens (tertiary/aromatic N) is 1. The van der Waals surface area contributed by atoms with Crippen LogP contribution >= 0.6 is 0 Å². The van der Waals surface area contributed by atoms with E-state index in [9.17, 15) is 9.59 Å². The van der Waals surface area contributed by atoms with Crippen molar-refractivity contribution in [3.05, 3.63) is 0 Å². The molecule has 0 aliphatic heterocycles. The number of carboxylic acids is 1. The summed E-state index contributed by atoms with van der Waals surface area (Å²) in [6.07, 6.45) is 3.01. The van der Waals surface area contributed by atoms with E-state index in [1.165, 1.54) is 0 Å². The van der Waals surface area contributed by atoms with Crippen LogP contribution in [0, 0.1) is 17.3 Å². The molecule has 0 atom stereocenters. The topological polar surface area (TPSA) is 69.6 Å². The maximum atomic E-state index is 12.4. The molecule has 21 heavy (non-hydrogen) atoms. The lowest BCUT2D eigenvalue weighted by Crippen LogP contribution is -2.49. The molecule has 0 heterocycles. The predicted molar refractivity (Wildman–Crippen MR) is 83.2 cm³/mol. The monoisotopic (exact) mass is 298 g/mol. The molecule has 122 valence electrons. The molecule has 0 unspecified atom stereocenters. The summed E-state index contributed by atoms with van der Waals surface area (Å²) in [6.45, 7) is 10.3. The number of carbonyl (C=O) groups is 2. The summed E-state index contributed by atoms with van der Waals surface area (Å²) >= 11 is 0. The number of nitrogens with one attached hydrogen (secondary N) is 1. The van der Waals surface area contributed by atoms with Crippen LogP contribution in [0.25, 0.3) is 0 Å². The minimum absolute atomic E-state index is 0.0611. The van der Waals surface area contributed by atoms with Crippen molar-refractivity contribution in [2.24, 2.45) is 17.3 Å². The molecule has 2 N–H and O–H groups in total. The molecule has 1 saturated carbocycles. The fourth-order valence-corrected chi connectivity index (χ4v) is 2.91. The second-order valence-electron chi connectivity index (χ2n) is 7.28. The Hall–Kier alpha value is -1.26. The van der Waals surface area contributed by atoms with E-state index in [2.05, 4.69) is 33.0 Å². The first kappa shape index (κ1) is 17.8. The SMILES string of the molecule is CC(C)CN(CC(C)C)C(=O)NCC1(CC(=O)O)CCC1. The highest BCUT2D eigenvalue weighted by Crippen LogP contribution is 2.43. The second kappa shape index (κ2) is 7.66. The van der Waals surface area contributed by atoms with Crippen molar-refractivity contribution in [3.8, 4) is 0 Å². The van der Waals surface area contributed by atoms with Gasteiger partial charge in [0.2, 0.25) is 0 Å². The van der Waals surface area contributed by atoms with Crippen molar-refractivity contribution in [1.29, 1.82) is 0 Å². The zero-order valence-electron chi connectivity index (χ0n) is 13.8. The summed E-state index contributed by atoms with van der Waals surface area (Å²) in [5, 5.41) is 12.0. The normalized spacial score (nSPS) is 16.7. The third-order valence-electron chi connectivity index (χ3n) is 4.01. The molecule has 0 aromatic carbocycles. The first-order valence-corrected chi connectivity index (χ1v) is 7.99. The van der Waals surface area contributed by atoms with E-state index in [0.717, 1.165) is 32.4 Å². The van der Waals surface area contributed by atoms with Gasteiger partial charge in [-0.05, 0) is 30.1 Å². The summed E-state index contributed by atoms with van der Waals surface area (Å²) in [6, 6.07) is -0.0611. The lowest BCUT2D eigenvalue weighted by molar-refractivity contribution is -0.141. The summed E-state index contributed by atoms with van der Waals surface area (Å²) in [5.41, 5.74) is -0.219. The molecule has 1 aliphatic carbocycles. The quantitative estimate of drug-likeness (QED) is 0.724. The number of rotatable bonds is 8. The molecule has 0 radical (unpaired) electrons. The minimum Gasteiger partial charge on any atom is -0.481 e. The van der Waals surface area contributed by atoms with Crippen molar-refractivity contribution in [1.82, 2.24) is 10.2 Å². The van der Waals surface area contributed by atoms with Gasteiger partial charge in [0.05, 0.1) is 6.42 Å². The maximum absolute atomic E-state index is 12.4. The lowest BCUT2D eigenvalue weighted by atomic mass is 9.66. The van der Waals surface area contributed by atoms with Crippen LogP contribution in [0.2, 0.25) is 0 Å². The van der Waals surface area contributed by atoms with Gasteiger partial charge in [-0.2, -0.15) is 0 Å². The molecular weight excluding hydrogens is 268 g/mol. The Morgan fingerprint density at radius 1 is 1.14 bits per heavy atom. The highest BCUT2D eigenvalue weighted by Gasteiger charge is 2.39. The number of hydrogen-bond donors (Lipinski definition) is 2. The maximum Gasteiger partial charge on any atom is 0.317 e. The third kappa shape index (κ3) is 5.94. The summed E-state index contributed by atoms with van der Waals surface area (Å²) in [7, 11) is 0. The van der Waals surface area contributed by atoms with Gasteiger partial charge in [-0.1, -0.05) is 34.1 Å². The second-order valence-corrected chi connectivity index (χ2v) is 7.28. The van der Waals surface area contributed by atoms with E-state index >= 15 is 0 Å². The zero-order chi connectivity index (χ0) is 16.0. The summed E-state index contributed by atoms with van der Waals surface area (Å²) < 4.78 is 0. The largest absolute Gasteiger partial charge is 0.481 e. The van der Waals surface area contributed by atoms with Gasteiger partial charge >= 0.3 is 12.0 Å². The fourth-order valence-electron chi connectivity index (χ4n) is 2.91. The van der Waals surface area contributed by atoms with Gasteiger partial charge in [-0.15, -0.1) is 0 Å². The van der Waals surface area contributed by atoms with Crippen LogP contribution in [0.1, 0.15) is 53.4 Å². The molecule has 1 fully saturated rings. The number of carbonyl (C=O) groups excluding carboxylic acids is 1. The highest BCUT2D eigenvalue weighted by molar-refractivity contribution is 5.74. The Bertz CT molecular complexity index is 353. The molecule has 2 amide bonds. The van der Waals surface area contributed by atoms with E-state index in [0.29, 0.717) is 18.4 Å². The van der Waals surface area contributed by atoms with Crippen LogP contribution in [0.3, 0.4) is 0 Å². The average molecular weight is 298 g/mol. The van der Waals surface area contributed by atoms with Crippen LogP contribution < -0.4 is 5.32 Å². The van der Waals surface area contributed by atoms with Crippen LogP contribution in [0.15, 0.2) is 0 Å². The molecule has 0 saturated heterocycles. The Kier molecular flexibility index (Phi) is 6.49. The number of aliphatic carboxylic acids is 1. The first-order chi connectivity index (χ1) is 9.74. The average Bonchev–Trinajstić information content (AvgIpc) is 2.29. The van der Waals surface area contributed by atoms with Crippen LogP contribution in [-0.2, 0) is 4.79 Å². The fraction of sp³-hybridized carbons (Fsp3) is 0.875. The highest BCUT2D eigenvalue weighted by atomic mass is 16.4. The van der Waals surface area contributed by atoms with Crippen molar-refractivity contribution in [2.75, 3.05) is 19.6 Å². The molecule has 0 spiro atoms. The minimum atomic E-state index is -0.773. The third-order valence-corrected chi connectivity index (χ3v) is 4.01. The molecule has 1 aliphatic rings. The van der Waals surface area contributed by atoms with E-state index in [4.69, 9.17) is 5.11 Å². The van der Waals surface area contributed by atoms with E-state index in [1.807, 2.05) is 4.90 Å². The van der Waals surface area contributed by atoms with Gasteiger partial charge in [0.1, 0.15) is 0 Å². The van der Waals surface area contributed by atoms with Crippen LogP contribution in [-0.4, -0.2) is 41.6 Å².